The van der Waals surface area contributed by atoms with E-state index in [1.807, 2.05) is 0 Å². The summed E-state index contributed by atoms with van der Waals surface area (Å²) < 4.78 is 0. The van der Waals surface area contributed by atoms with Crippen molar-refractivity contribution in [1.82, 2.24) is 0 Å². The quantitative estimate of drug-likeness (QED) is 0.289. The van der Waals surface area contributed by atoms with Crippen molar-refractivity contribution in [2.24, 2.45) is 0 Å². The molecule has 0 aliphatic heterocycles. The molecule has 0 heterocycles. The molecule has 0 spiro atoms. The highest BCUT2D eigenvalue weighted by atomic mass is 16.6. The SMILES string of the molecule is O=C([O-])[O-].[B]. The smallest absolute Gasteiger partial charge is 0 e. The van der Waals surface area contributed by atoms with E-state index in [1.165, 1.54) is 0 Å². The average Bonchev–Trinajstić information content (AvgIpc) is 0.811. The zero-order valence-corrected chi connectivity index (χ0v) is 2.30. The fourth-order valence-corrected chi connectivity index (χ4v) is 0. The Kier molecular flexibility index (Phi) is 5.90. The van der Waals surface area contributed by atoms with Crippen molar-refractivity contribution < 1.29 is 15.0 Å². The summed E-state index contributed by atoms with van der Waals surface area (Å²) in [4.78, 5) is 8.33. The molecule has 0 fully saturated rings. The van der Waals surface area contributed by atoms with Crippen LogP contribution in [0.1, 0.15) is 0 Å². The molecule has 0 aromatic rings. The topological polar surface area (TPSA) is 63.2 Å². The third-order valence-corrected chi connectivity index (χ3v) is 0. The third kappa shape index (κ3) is 13.4. The van der Waals surface area contributed by atoms with Crippen LogP contribution in [0.3, 0.4) is 0 Å². The zero-order valence-electron chi connectivity index (χ0n) is 2.30. The molecule has 0 aromatic carbocycles. The molecule has 0 aromatic heterocycles. The Balaban J connectivity index is 0. The summed E-state index contributed by atoms with van der Waals surface area (Å²) in [6.45, 7) is 0. The maximum atomic E-state index is 8.33. The van der Waals surface area contributed by atoms with Gasteiger partial charge in [0.05, 0.1) is 0 Å². The van der Waals surface area contributed by atoms with Gasteiger partial charge >= 0.3 is 0 Å². The second-order valence-electron chi connectivity index (χ2n) is 0.250. The van der Waals surface area contributed by atoms with Gasteiger partial charge in [-0.05, 0) is 6.16 Å². The maximum absolute atomic E-state index is 8.33. The van der Waals surface area contributed by atoms with Gasteiger partial charge in [-0.1, -0.05) is 0 Å². The monoisotopic (exact) mass is 71.0 g/mol. The first-order chi connectivity index (χ1) is 1.73. The van der Waals surface area contributed by atoms with Crippen LogP contribution in [-0.2, 0) is 0 Å². The van der Waals surface area contributed by atoms with Crippen molar-refractivity contribution in [3.05, 3.63) is 0 Å². The lowest BCUT2D eigenvalue weighted by Gasteiger charge is -1.96. The highest BCUT2D eigenvalue weighted by Crippen LogP contribution is 1.21. The van der Waals surface area contributed by atoms with E-state index in [2.05, 4.69) is 0 Å². The fourth-order valence-electron chi connectivity index (χ4n) is 0. The molecular weight excluding hydrogens is 70.8 g/mol. The lowest BCUT2D eigenvalue weighted by atomic mass is 10.8. The highest BCUT2D eigenvalue weighted by Gasteiger charge is 1.26. The first kappa shape index (κ1) is 8.84. The lowest BCUT2D eigenvalue weighted by Crippen LogP contribution is -2.37. The molecule has 0 N–H and O–H groups in total. The molecule has 0 saturated heterocycles. The molecule has 0 unspecified atom stereocenters. The molecule has 0 aliphatic rings. The number of carbonyl (C=O) groups excluding carboxylic acids is 1. The molecule has 3 nitrogen and oxygen atoms in total. The number of carboxylic acid groups (broad SMARTS) is 2. The molecule has 4 heteroatoms. The molecule has 5 heavy (non-hydrogen) atoms. The van der Waals surface area contributed by atoms with Gasteiger partial charge in [0.15, 0.2) is 0 Å². The van der Waals surface area contributed by atoms with Crippen LogP contribution >= 0.6 is 0 Å². The molecule has 0 saturated carbocycles. The minimum Gasteiger partial charge on any atom is -0.652 e. The van der Waals surface area contributed by atoms with Gasteiger partial charge in [-0.15, -0.1) is 0 Å². The summed E-state index contributed by atoms with van der Waals surface area (Å²) in [6.07, 6.45) is -2.33. The molecule has 3 radical (unpaired) electrons. The molecular formula is CBO3-2. The van der Waals surface area contributed by atoms with Gasteiger partial charge in [-0.25, -0.2) is 0 Å². The minimum absolute atomic E-state index is 0. The number of hydrogen-bond acceptors (Lipinski definition) is 3. The maximum Gasteiger partial charge on any atom is 0 e. The number of rotatable bonds is 0. The Morgan fingerprint density at radius 2 is 1.40 bits per heavy atom. The standard InChI is InChI=1S/CH2O3.B/c2-1(3)4;/h(H2,2,3,4);/p-2. The van der Waals surface area contributed by atoms with Crippen molar-refractivity contribution in [1.29, 1.82) is 0 Å². The first-order valence-electron chi connectivity index (χ1n) is 0.612. The molecule has 27 valence electrons. The predicted molar refractivity (Wildman–Crippen MR) is 11.1 cm³/mol. The number of hydrogen-bond donors (Lipinski definition) is 0. The summed E-state index contributed by atoms with van der Waals surface area (Å²) in [7, 11) is 0. The van der Waals surface area contributed by atoms with Crippen LogP contribution < -0.4 is 10.2 Å². The van der Waals surface area contributed by atoms with E-state index in [1.54, 1.807) is 0 Å². The van der Waals surface area contributed by atoms with Gasteiger partial charge in [-0.2, -0.15) is 0 Å². The summed E-state index contributed by atoms with van der Waals surface area (Å²) >= 11 is 0. The third-order valence-electron chi connectivity index (χ3n) is 0. The van der Waals surface area contributed by atoms with Gasteiger partial charge in [0.1, 0.15) is 0 Å². The van der Waals surface area contributed by atoms with Crippen molar-refractivity contribution in [3.8, 4) is 0 Å². The molecule has 0 aliphatic carbocycles. The van der Waals surface area contributed by atoms with E-state index < -0.39 is 6.16 Å². The van der Waals surface area contributed by atoms with Gasteiger partial charge in [0.2, 0.25) is 0 Å². The van der Waals surface area contributed by atoms with E-state index in [0.717, 1.165) is 0 Å². The molecule has 0 atom stereocenters. The van der Waals surface area contributed by atoms with E-state index in [4.69, 9.17) is 15.0 Å². The molecule has 0 bridgehead atoms. The van der Waals surface area contributed by atoms with Crippen molar-refractivity contribution in [3.63, 3.8) is 0 Å². The van der Waals surface area contributed by atoms with Crippen LogP contribution in [0.2, 0.25) is 0 Å². The Morgan fingerprint density at radius 3 is 1.40 bits per heavy atom. The Hall–Kier alpha value is -0.665. The average molecular weight is 70.8 g/mol. The van der Waals surface area contributed by atoms with Crippen LogP contribution in [0.15, 0.2) is 0 Å². The van der Waals surface area contributed by atoms with Crippen molar-refractivity contribution >= 4 is 14.6 Å². The van der Waals surface area contributed by atoms with E-state index in [-0.39, 0.29) is 8.41 Å². The first-order valence-corrected chi connectivity index (χ1v) is 0.612. The van der Waals surface area contributed by atoms with Gasteiger partial charge in [-0.3, -0.25) is 0 Å². The summed E-state index contributed by atoms with van der Waals surface area (Å²) in [5.74, 6) is 0. The predicted octanol–water partition coefficient (Wildman–Crippen LogP) is -2.83. The Bertz CT molecular complexity index is 29.9. The van der Waals surface area contributed by atoms with E-state index in [9.17, 15) is 0 Å². The minimum atomic E-state index is -2.33. The summed E-state index contributed by atoms with van der Waals surface area (Å²) in [6, 6.07) is 0. The van der Waals surface area contributed by atoms with E-state index >= 15 is 0 Å². The van der Waals surface area contributed by atoms with Crippen LogP contribution in [0, 0.1) is 0 Å². The van der Waals surface area contributed by atoms with Gasteiger partial charge < -0.3 is 15.0 Å². The van der Waals surface area contributed by atoms with Gasteiger partial charge in [0, 0.05) is 8.41 Å². The highest BCUT2D eigenvalue weighted by molar-refractivity contribution is 5.75. The van der Waals surface area contributed by atoms with Crippen LogP contribution in [0.5, 0.6) is 0 Å². The van der Waals surface area contributed by atoms with Crippen molar-refractivity contribution in [2.75, 3.05) is 0 Å². The molecule has 0 rings (SSSR count). The largest absolute Gasteiger partial charge is 0.652 e. The van der Waals surface area contributed by atoms with E-state index in [0.29, 0.717) is 0 Å². The molecule has 0 amide bonds. The Labute approximate surface area is 30.8 Å². The fraction of sp³-hybridized carbons (Fsp3) is 0. The zero-order chi connectivity index (χ0) is 3.58. The Morgan fingerprint density at radius 1 is 1.40 bits per heavy atom. The second-order valence-corrected chi connectivity index (χ2v) is 0.250. The van der Waals surface area contributed by atoms with Gasteiger partial charge in [0.25, 0.3) is 0 Å². The summed E-state index contributed by atoms with van der Waals surface area (Å²) in [5, 5.41) is 16.7. The van der Waals surface area contributed by atoms with Crippen LogP contribution in [0.25, 0.3) is 0 Å². The lowest BCUT2D eigenvalue weighted by molar-refractivity contribution is -0.415. The normalized spacial score (nSPS) is 4.80. The van der Waals surface area contributed by atoms with Crippen molar-refractivity contribution in [2.45, 2.75) is 0 Å². The summed E-state index contributed by atoms with van der Waals surface area (Å²) in [5.41, 5.74) is 0. The van der Waals surface area contributed by atoms with Crippen LogP contribution in [-0.4, -0.2) is 14.6 Å². The number of carbonyl (C=O) groups is 1. The second kappa shape index (κ2) is 3.33. The van der Waals surface area contributed by atoms with Crippen LogP contribution in [0.4, 0.5) is 4.79 Å².